The first-order valence-corrected chi connectivity index (χ1v) is 18.4. The summed E-state index contributed by atoms with van der Waals surface area (Å²) < 4.78 is 13.4. The number of carbonyl (C=O) groups is 4. The number of fused-ring (bicyclic) bond motifs is 3. The number of benzene rings is 3. The molecule has 11 heteroatoms. The second-order valence-electron chi connectivity index (χ2n) is 14.2. The second kappa shape index (κ2) is 14.4. The zero-order valence-electron chi connectivity index (χ0n) is 28.6. The maximum atomic E-state index is 15.3. The van der Waals surface area contributed by atoms with Gasteiger partial charge in [0.25, 0.3) is 5.91 Å². The van der Waals surface area contributed by atoms with Crippen LogP contribution in [0.5, 0.6) is 0 Å². The summed E-state index contributed by atoms with van der Waals surface area (Å²) in [7, 11) is 0. The number of likely N-dealkylation sites (tertiary alicyclic amines) is 1. The molecule has 4 aliphatic rings. The summed E-state index contributed by atoms with van der Waals surface area (Å²) in [5, 5.41) is 15.6. The maximum Gasteiger partial charge on any atom is 0.313 e. The molecular weight excluding hydrogens is 714 g/mol. The minimum atomic E-state index is -1.50. The Morgan fingerprint density at radius 1 is 0.961 bits per heavy atom. The van der Waals surface area contributed by atoms with Gasteiger partial charge in [-0.1, -0.05) is 103 Å². The third-order valence-electron chi connectivity index (χ3n) is 10.4. The summed E-state index contributed by atoms with van der Waals surface area (Å²) >= 11 is 3.62. The van der Waals surface area contributed by atoms with Crippen molar-refractivity contribution in [1.29, 1.82) is 0 Å². The normalized spacial score (nSPS) is 29.6. The van der Waals surface area contributed by atoms with Gasteiger partial charge in [0.05, 0.1) is 25.1 Å². The molecule has 2 fully saturated rings. The molecule has 3 aromatic rings. The fourth-order valence-corrected chi connectivity index (χ4v) is 8.89. The van der Waals surface area contributed by atoms with E-state index in [1.807, 2.05) is 98.8 Å². The number of halogens is 1. The number of aliphatic hydroxyl groups is 1. The minimum absolute atomic E-state index is 0.0429. The molecule has 7 rings (SSSR count). The topological polar surface area (TPSA) is 125 Å². The van der Waals surface area contributed by atoms with E-state index in [0.717, 1.165) is 10.8 Å². The van der Waals surface area contributed by atoms with Crippen molar-refractivity contribution in [2.45, 2.75) is 63.0 Å². The third-order valence-corrected chi connectivity index (χ3v) is 11.1. The number of ether oxygens (including phenoxy) is 2. The van der Waals surface area contributed by atoms with E-state index in [4.69, 9.17) is 9.47 Å². The van der Waals surface area contributed by atoms with E-state index in [0.29, 0.717) is 28.6 Å². The lowest BCUT2D eigenvalue weighted by atomic mass is 9.74. The molecule has 0 aromatic heterocycles. The molecule has 4 aliphatic heterocycles. The van der Waals surface area contributed by atoms with Crippen LogP contribution in [0.15, 0.2) is 95.5 Å². The van der Waals surface area contributed by atoms with Crippen molar-refractivity contribution in [2.24, 2.45) is 17.8 Å². The molecule has 0 unspecified atom stereocenters. The molecule has 0 radical (unpaired) electrons. The number of aliphatic hydroxyl groups excluding tert-OH is 1. The van der Waals surface area contributed by atoms with Crippen LogP contribution < -0.4 is 10.2 Å². The Labute approximate surface area is 305 Å². The summed E-state index contributed by atoms with van der Waals surface area (Å²) in [6.45, 7) is 3.82. The van der Waals surface area contributed by atoms with E-state index in [1.54, 1.807) is 11.0 Å². The monoisotopic (exact) mass is 755 g/mol. The van der Waals surface area contributed by atoms with Crippen molar-refractivity contribution in [3.8, 4) is 0 Å². The molecule has 3 amide bonds. The van der Waals surface area contributed by atoms with Crippen molar-refractivity contribution < 1.29 is 33.8 Å². The van der Waals surface area contributed by atoms with E-state index < -0.39 is 59.5 Å². The zero-order chi connectivity index (χ0) is 35.9. The Morgan fingerprint density at radius 3 is 2.45 bits per heavy atom. The van der Waals surface area contributed by atoms with E-state index in [9.17, 15) is 19.5 Å². The van der Waals surface area contributed by atoms with Gasteiger partial charge >= 0.3 is 5.97 Å². The van der Waals surface area contributed by atoms with E-state index in [1.165, 1.54) is 4.90 Å². The number of rotatable bonds is 6. The van der Waals surface area contributed by atoms with Crippen LogP contribution in [0.2, 0.25) is 0 Å². The molecule has 1 spiro atoms. The fourth-order valence-electron chi connectivity index (χ4n) is 8.16. The first-order chi connectivity index (χ1) is 24.6. The van der Waals surface area contributed by atoms with E-state index in [2.05, 4.69) is 21.2 Å². The molecule has 3 aromatic carbocycles. The Bertz CT molecular complexity index is 1900. The van der Waals surface area contributed by atoms with Gasteiger partial charge in [0.2, 0.25) is 11.8 Å². The number of nitrogens with zero attached hydrogens (tertiary/aromatic N) is 2. The summed E-state index contributed by atoms with van der Waals surface area (Å²) in [6, 6.07) is 20.9. The number of esters is 1. The van der Waals surface area contributed by atoms with Crippen LogP contribution in [0, 0.1) is 17.8 Å². The largest absolute Gasteiger partial charge is 0.455 e. The lowest BCUT2D eigenvalue weighted by Crippen LogP contribution is -2.59. The number of carbonyl (C=O) groups excluding carboxylic acids is 4. The van der Waals surface area contributed by atoms with Crippen LogP contribution in [0.1, 0.15) is 44.8 Å². The summed E-state index contributed by atoms with van der Waals surface area (Å²) in [5.41, 5.74) is -0.198. The van der Waals surface area contributed by atoms with Gasteiger partial charge in [0.15, 0.2) is 0 Å². The molecule has 7 atom stereocenters. The summed E-state index contributed by atoms with van der Waals surface area (Å²) in [6.07, 6.45) is 4.86. The molecule has 10 nitrogen and oxygen atoms in total. The Hall–Kier alpha value is -4.32. The SMILES string of the molecule is CC(C)C[C@H](CO)N1C(=O)[C@@H]2[C@H]3C(=O)O[C@@H](c4ccccc4)CNC(=O)CC/C=C\CN(c4ccc5ccccc5c4)C(=O)[C@@H]1[C@]21C=C(Br)[C@H]3O1. The molecule has 5 bridgehead atoms. The lowest BCUT2D eigenvalue weighted by Gasteiger charge is -2.39. The standard InChI is InChI=1S/C40H42BrN3O7/c1-24(2)19-29(23-45)44-36-38(48)43(28-17-16-25-11-8-9-14-27(25)20-28)18-10-4-7-15-32(46)42-22-31(26-12-5-3-6-13-26)50-39(49)33-34(37(44)47)40(36)21-30(41)35(33)51-40/h3-6,8-14,16-17,20-21,24,29,31,33-36,45H,7,15,18-19,22-23H2,1-2H3,(H,42,46)/b10-4-/t29-,31-,33-,34+,35-,36-,40+/m1/s1. The van der Waals surface area contributed by atoms with Crippen LogP contribution in [0.4, 0.5) is 5.69 Å². The number of amides is 3. The number of hydrogen-bond donors (Lipinski definition) is 2. The van der Waals surface area contributed by atoms with Gasteiger partial charge < -0.3 is 29.7 Å². The predicted octanol–water partition coefficient (Wildman–Crippen LogP) is 5.20. The molecule has 0 aliphatic carbocycles. The molecule has 266 valence electrons. The average molecular weight is 757 g/mol. The highest BCUT2D eigenvalue weighted by Gasteiger charge is 2.75. The predicted molar refractivity (Wildman–Crippen MR) is 196 cm³/mol. The molecule has 4 heterocycles. The molecule has 2 N–H and O–H groups in total. The van der Waals surface area contributed by atoms with E-state index in [-0.39, 0.29) is 37.9 Å². The molecule has 51 heavy (non-hydrogen) atoms. The summed E-state index contributed by atoms with van der Waals surface area (Å²) in [4.78, 5) is 60.6. The molecule has 2 saturated heterocycles. The van der Waals surface area contributed by atoms with Gasteiger partial charge in [-0.25, -0.2) is 0 Å². The van der Waals surface area contributed by atoms with Gasteiger partial charge in [0, 0.05) is 23.1 Å². The third kappa shape index (κ3) is 6.40. The smallest absolute Gasteiger partial charge is 0.313 e. The summed E-state index contributed by atoms with van der Waals surface area (Å²) in [5.74, 6) is -3.78. The number of anilines is 1. The van der Waals surface area contributed by atoms with Crippen LogP contribution in [0.3, 0.4) is 0 Å². The Morgan fingerprint density at radius 2 is 1.71 bits per heavy atom. The second-order valence-corrected chi connectivity index (χ2v) is 15.1. The minimum Gasteiger partial charge on any atom is -0.455 e. The first kappa shape index (κ1) is 35.1. The fraction of sp³-hybridized carbons (Fsp3) is 0.400. The average Bonchev–Trinajstić information content (AvgIpc) is 3.73. The van der Waals surface area contributed by atoms with Gasteiger partial charge in [-0.2, -0.15) is 0 Å². The van der Waals surface area contributed by atoms with Crippen molar-refractivity contribution in [3.63, 3.8) is 0 Å². The van der Waals surface area contributed by atoms with Gasteiger partial charge in [-0.3, -0.25) is 19.2 Å². The van der Waals surface area contributed by atoms with Gasteiger partial charge in [-0.05, 0) is 53.3 Å². The Balaban J connectivity index is 1.37. The number of cyclic esters (lactones) is 1. The number of hydrogen-bond acceptors (Lipinski definition) is 7. The number of nitrogens with one attached hydrogen (secondary N) is 1. The van der Waals surface area contributed by atoms with E-state index >= 15 is 4.79 Å². The van der Waals surface area contributed by atoms with Gasteiger partial charge in [0.1, 0.15) is 29.8 Å². The van der Waals surface area contributed by atoms with Crippen LogP contribution in [-0.4, -0.2) is 77.2 Å². The highest BCUT2D eigenvalue weighted by atomic mass is 79.9. The highest BCUT2D eigenvalue weighted by molar-refractivity contribution is 9.11. The quantitative estimate of drug-likeness (QED) is 0.262. The van der Waals surface area contributed by atoms with Crippen LogP contribution in [-0.2, 0) is 28.7 Å². The number of allylic oxidation sites excluding steroid dienone is 1. The van der Waals surface area contributed by atoms with Crippen molar-refractivity contribution in [3.05, 3.63) is 101 Å². The molecule has 0 saturated carbocycles. The Kier molecular flexibility index (Phi) is 9.88. The highest BCUT2D eigenvalue weighted by Crippen LogP contribution is 2.59. The lowest BCUT2D eigenvalue weighted by molar-refractivity contribution is -0.160. The van der Waals surface area contributed by atoms with Crippen LogP contribution in [0.25, 0.3) is 10.8 Å². The first-order valence-electron chi connectivity index (χ1n) is 17.6. The van der Waals surface area contributed by atoms with Crippen molar-refractivity contribution in [2.75, 3.05) is 24.6 Å². The van der Waals surface area contributed by atoms with Crippen LogP contribution >= 0.6 is 15.9 Å². The zero-order valence-corrected chi connectivity index (χ0v) is 30.2. The maximum absolute atomic E-state index is 15.3. The molecular formula is C40H42BrN3O7. The van der Waals surface area contributed by atoms with Gasteiger partial charge in [-0.15, -0.1) is 0 Å². The van der Waals surface area contributed by atoms with Crippen molar-refractivity contribution >= 4 is 56.1 Å². The van der Waals surface area contributed by atoms with Crippen molar-refractivity contribution in [1.82, 2.24) is 10.2 Å².